The number of hydrogen-bond donors (Lipinski definition) is 2. The normalized spacial score (nSPS) is 33.0. The maximum Gasteiger partial charge on any atom is 0.0220 e. The molecule has 2 aliphatic rings. The minimum atomic E-state index is 0.624. The van der Waals surface area contributed by atoms with E-state index in [0.29, 0.717) is 12.0 Å². The lowest BCUT2D eigenvalue weighted by molar-refractivity contribution is 0.212. The second-order valence-corrected chi connectivity index (χ2v) is 7.54. The van der Waals surface area contributed by atoms with E-state index in [2.05, 4.69) is 43.5 Å². The summed E-state index contributed by atoms with van der Waals surface area (Å²) in [5.74, 6) is 1.57. The number of piperidine rings is 1. The van der Waals surface area contributed by atoms with E-state index in [4.69, 9.17) is 0 Å². The van der Waals surface area contributed by atoms with E-state index in [0.717, 1.165) is 24.5 Å². The molecule has 1 aliphatic heterocycles. The van der Waals surface area contributed by atoms with Crippen LogP contribution in [-0.2, 0) is 0 Å². The average Bonchev–Trinajstić information content (AvgIpc) is 2.86. The SMILES string of the molecule is CC(C)C(CN(C)C)NC1CCCC1C1CCCCN1. The van der Waals surface area contributed by atoms with Crippen LogP contribution in [0.1, 0.15) is 52.4 Å². The molecule has 0 aromatic rings. The molecule has 4 unspecified atom stereocenters. The van der Waals surface area contributed by atoms with Gasteiger partial charge in [0.15, 0.2) is 0 Å². The van der Waals surface area contributed by atoms with Gasteiger partial charge in [-0.25, -0.2) is 0 Å². The molecule has 0 bridgehead atoms. The molecule has 1 saturated carbocycles. The van der Waals surface area contributed by atoms with E-state index in [-0.39, 0.29) is 0 Å². The van der Waals surface area contributed by atoms with Gasteiger partial charge in [0.1, 0.15) is 0 Å². The zero-order valence-electron chi connectivity index (χ0n) is 14.0. The lowest BCUT2D eigenvalue weighted by Crippen LogP contribution is -2.52. The first-order valence-corrected chi connectivity index (χ1v) is 8.72. The van der Waals surface area contributed by atoms with Crippen molar-refractivity contribution in [3.8, 4) is 0 Å². The molecule has 3 nitrogen and oxygen atoms in total. The largest absolute Gasteiger partial charge is 0.314 e. The highest BCUT2D eigenvalue weighted by Crippen LogP contribution is 2.32. The molecule has 1 saturated heterocycles. The molecule has 20 heavy (non-hydrogen) atoms. The van der Waals surface area contributed by atoms with Crippen LogP contribution in [0.4, 0.5) is 0 Å². The number of rotatable bonds is 6. The Hall–Kier alpha value is -0.120. The summed E-state index contributed by atoms with van der Waals surface area (Å²) in [6.45, 7) is 7.09. The van der Waals surface area contributed by atoms with Crippen molar-refractivity contribution in [1.29, 1.82) is 0 Å². The Kier molecular flexibility index (Phi) is 6.31. The van der Waals surface area contributed by atoms with Crippen molar-refractivity contribution in [1.82, 2.24) is 15.5 Å². The van der Waals surface area contributed by atoms with Gasteiger partial charge in [-0.05, 0) is 58.2 Å². The average molecular weight is 281 g/mol. The first-order chi connectivity index (χ1) is 9.58. The molecular formula is C17H35N3. The molecule has 0 spiro atoms. The molecule has 3 heteroatoms. The molecular weight excluding hydrogens is 246 g/mol. The van der Waals surface area contributed by atoms with Gasteiger partial charge in [-0.2, -0.15) is 0 Å². The molecule has 0 amide bonds. The van der Waals surface area contributed by atoms with Gasteiger partial charge in [-0.1, -0.05) is 26.7 Å². The summed E-state index contributed by atoms with van der Waals surface area (Å²) in [6, 6.07) is 2.13. The summed E-state index contributed by atoms with van der Waals surface area (Å²) < 4.78 is 0. The molecule has 1 heterocycles. The van der Waals surface area contributed by atoms with Crippen molar-refractivity contribution in [2.24, 2.45) is 11.8 Å². The van der Waals surface area contributed by atoms with Crippen LogP contribution in [-0.4, -0.2) is 50.2 Å². The number of nitrogens with zero attached hydrogens (tertiary/aromatic N) is 1. The zero-order valence-corrected chi connectivity index (χ0v) is 14.0. The summed E-state index contributed by atoms with van der Waals surface area (Å²) in [5, 5.41) is 7.80. The highest BCUT2D eigenvalue weighted by atomic mass is 15.1. The van der Waals surface area contributed by atoms with Gasteiger partial charge in [0.2, 0.25) is 0 Å². The first kappa shape index (κ1) is 16.3. The first-order valence-electron chi connectivity index (χ1n) is 8.72. The van der Waals surface area contributed by atoms with E-state index in [1.165, 1.54) is 45.1 Å². The third-order valence-corrected chi connectivity index (χ3v) is 5.23. The topological polar surface area (TPSA) is 27.3 Å². The minimum Gasteiger partial charge on any atom is -0.314 e. The van der Waals surface area contributed by atoms with Gasteiger partial charge >= 0.3 is 0 Å². The second kappa shape index (κ2) is 7.77. The fraction of sp³-hybridized carbons (Fsp3) is 1.00. The molecule has 2 fully saturated rings. The third-order valence-electron chi connectivity index (χ3n) is 5.23. The molecule has 4 atom stereocenters. The highest BCUT2D eigenvalue weighted by molar-refractivity contribution is 4.94. The van der Waals surface area contributed by atoms with Gasteiger partial charge in [-0.3, -0.25) is 0 Å². The fourth-order valence-electron chi connectivity index (χ4n) is 4.05. The van der Waals surface area contributed by atoms with Crippen LogP contribution >= 0.6 is 0 Å². The van der Waals surface area contributed by atoms with Crippen molar-refractivity contribution < 1.29 is 0 Å². The standard InChI is InChI=1S/C17H35N3/c1-13(2)17(12-20(3)4)19-16-10-7-8-14(16)15-9-5-6-11-18-15/h13-19H,5-12H2,1-4H3. The number of likely N-dealkylation sites (N-methyl/N-ethyl adjacent to an activating group) is 1. The van der Waals surface area contributed by atoms with Crippen molar-refractivity contribution in [3.63, 3.8) is 0 Å². The van der Waals surface area contributed by atoms with Gasteiger partial charge in [-0.15, -0.1) is 0 Å². The van der Waals surface area contributed by atoms with E-state index in [1.807, 2.05) is 0 Å². The minimum absolute atomic E-state index is 0.624. The summed E-state index contributed by atoms with van der Waals surface area (Å²) in [4.78, 5) is 2.32. The summed E-state index contributed by atoms with van der Waals surface area (Å²) >= 11 is 0. The highest BCUT2D eigenvalue weighted by Gasteiger charge is 2.35. The lowest BCUT2D eigenvalue weighted by Gasteiger charge is -2.36. The smallest absolute Gasteiger partial charge is 0.0220 e. The van der Waals surface area contributed by atoms with Crippen LogP contribution in [0.15, 0.2) is 0 Å². The van der Waals surface area contributed by atoms with E-state index in [9.17, 15) is 0 Å². The van der Waals surface area contributed by atoms with Gasteiger partial charge in [0.25, 0.3) is 0 Å². The van der Waals surface area contributed by atoms with Crippen LogP contribution in [0.5, 0.6) is 0 Å². The van der Waals surface area contributed by atoms with Crippen LogP contribution in [0.2, 0.25) is 0 Å². The molecule has 2 rings (SSSR count). The van der Waals surface area contributed by atoms with E-state index in [1.54, 1.807) is 0 Å². The predicted octanol–water partition coefficient (Wildman–Crippen LogP) is 2.47. The Morgan fingerprint density at radius 1 is 1.10 bits per heavy atom. The van der Waals surface area contributed by atoms with Crippen molar-refractivity contribution >= 4 is 0 Å². The molecule has 0 aromatic carbocycles. The lowest BCUT2D eigenvalue weighted by atomic mass is 9.87. The molecule has 0 aromatic heterocycles. The van der Waals surface area contributed by atoms with Crippen LogP contribution < -0.4 is 10.6 Å². The molecule has 1 aliphatic carbocycles. The Balaban J connectivity index is 1.91. The monoisotopic (exact) mass is 281 g/mol. The maximum absolute atomic E-state index is 4.01. The summed E-state index contributed by atoms with van der Waals surface area (Å²) in [5.41, 5.74) is 0. The predicted molar refractivity (Wildman–Crippen MR) is 87.1 cm³/mol. The van der Waals surface area contributed by atoms with Crippen LogP contribution in [0, 0.1) is 11.8 Å². The van der Waals surface area contributed by atoms with Gasteiger partial charge in [0.05, 0.1) is 0 Å². The number of hydrogen-bond acceptors (Lipinski definition) is 3. The van der Waals surface area contributed by atoms with Crippen LogP contribution in [0.25, 0.3) is 0 Å². The van der Waals surface area contributed by atoms with Gasteiger partial charge in [0, 0.05) is 24.7 Å². The molecule has 0 radical (unpaired) electrons. The second-order valence-electron chi connectivity index (χ2n) is 7.54. The van der Waals surface area contributed by atoms with Gasteiger partial charge < -0.3 is 15.5 Å². The summed E-state index contributed by atoms with van der Waals surface area (Å²) in [6.07, 6.45) is 8.39. The van der Waals surface area contributed by atoms with Crippen LogP contribution in [0.3, 0.4) is 0 Å². The third kappa shape index (κ3) is 4.44. The summed E-state index contributed by atoms with van der Waals surface area (Å²) in [7, 11) is 4.37. The number of nitrogens with one attached hydrogen (secondary N) is 2. The van der Waals surface area contributed by atoms with E-state index >= 15 is 0 Å². The molecule has 118 valence electrons. The Morgan fingerprint density at radius 2 is 1.90 bits per heavy atom. The maximum atomic E-state index is 4.01. The Bertz CT molecular complexity index is 271. The van der Waals surface area contributed by atoms with E-state index < -0.39 is 0 Å². The van der Waals surface area contributed by atoms with Crippen molar-refractivity contribution in [2.75, 3.05) is 27.2 Å². The quantitative estimate of drug-likeness (QED) is 0.783. The van der Waals surface area contributed by atoms with Crippen molar-refractivity contribution in [3.05, 3.63) is 0 Å². The molecule has 2 N–H and O–H groups in total. The zero-order chi connectivity index (χ0) is 14.5. The Morgan fingerprint density at radius 3 is 2.50 bits per heavy atom. The van der Waals surface area contributed by atoms with Crippen molar-refractivity contribution in [2.45, 2.75) is 70.5 Å². The Labute approximate surface area is 125 Å². The fourth-order valence-corrected chi connectivity index (χ4v) is 4.05.